The largest absolute Gasteiger partial charge is 0.380 e. The van der Waals surface area contributed by atoms with Crippen molar-refractivity contribution in [3.05, 3.63) is 0 Å². The summed E-state index contributed by atoms with van der Waals surface area (Å²) in [5.74, 6) is -2.92. The van der Waals surface area contributed by atoms with Crippen LogP contribution in [-0.4, -0.2) is 31.7 Å². The Kier molecular flexibility index (Phi) is 3.57. The smallest absolute Gasteiger partial charge is 0.252 e. The maximum absolute atomic E-state index is 13.5. The third-order valence-corrected chi connectivity index (χ3v) is 3.49. The second kappa shape index (κ2) is 4.74. The van der Waals surface area contributed by atoms with E-state index < -0.39 is 11.8 Å². The Morgan fingerprint density at radius 1 is 1.27 bits per heavy atom. The van der Waals surface area contributed by atoms with Crippen molar-refractivity contribution in [2.75, 3.05) is 19.8 Å². The van der Waals surface area contributed by atoms with Gasteiger partial charge in [0.1, 0.15) is 0 Å². The molecule has 2 unspecified atom stereocenters. The van der Waals surface area contributed by atoms with Crippen molar-refractivity contribution in [1.82, 2.24) is 5.32 Å². The summed E-state index contributed by atoms with van der Waals surface area (Å²) < 4.78 is 32.1. The Morgan fingerprint density at radius 2 is 2.13 bits per heavy atom. The number of rotatable bonds is 3. The lowest BCUT2D eigenvalue weighted by molar-refractivity contribution is -0.0849. The first kappa shape index (κ1) is 11.3. The maximum Gasteiger partial charge on any atom is 0.252 e. The van der Waals surface area contributed by atoms with Gasteiger partial charge in [0.15, 0.2) is 0 Å². The Balaban J connectivity index is 1.76. The minimum atomic E-state index is -2.45. The van der Waals surface area contributed by atoms with Gasteiger partial charge < -0.3 is 10.1 Å². The molecule has 2 aliphatic rings. The first-order valence-corrected chi connectivity index (χ1v) is 5.87. The van der Waals surface area contributed by atoms with Crippen LogP contribution < -0.4 is 5.32 Å². The van der Waals surface area contributed by atoms with Crippen LogP contribution >= 0.6 is 0 Å². The lowest BCUT2D eigenvalue weighted by Crippen LogP contribution is -2.42. The molecule has 0 radical (unpaired) electrons. The van der Waals surface area contributed by atoms with Crippen molar-refractivity contribution < 1.29 is 13.5 Å². The summed E-state index contributed by atoms with van der Waals surface area (Å²) in [4.78, 5) is 0. The van der Waals surface area contributed by atoms with Crippen molar-refractivity contribution in [2.24, 2.45) is 5.92 Å². The van der Waals surface area contributed by atoms with E-state index in [9.17, 15) is 8.78 Å². The zero-order chi connectivity index (χ0) is 10.7. The molecule has 0 aromatic rings. The molecule has 2 fully saturated rings. The molecule has 2 atom stereocenters. The molecule has 2 nitrogen and oxygen atoms in total. The van der Waals surface area contributed by atoms with Gasteiger partial charge in [-0.05, 0) is 19.3 Å². The summed E-state index contributed by atoms with van der Waals surface area (Å²) >= 11 is 0. The highest BCUT2D eigenvalue weighted by atomic mass is 19.3. The van der Waals surface area contributed by atoms with Gasteiger partial charge >= 0.3 is 0 Å². The lowest BCUT2D eigenvalue weighted by Gasteiger charge is -2.32. The summed E-state index contributed by atoms with van der Waals surface area (Å²) in [6.45, 7) is 1.89. The molecule has 1 heterocycles. The van der Waals surface area contributed by atoms with E-state index in [1.165, 1.54) is 0 Å². The topological polar surface area (TPSA) is 21.3 Å². The van der Waals surface area contributed by atoms with E-state index >= 15 is 0 Å². The van der Waals surface area contributed by atoms with Crippen LogP contribution in [0.3, 0.4) is 0 Å². The van der Waals surface area contributed by atoms with Crippen molar-refractivity contribution in [2.45, 2.75) is 44.1 Å². The Labute approximate surface area is 89.4 Å². The number of halogens is 2. The molecule has 1 N–H and O–H groups in total. The average molecular weight is 219 g/mol. The monoisotopic (exact) mass is 219 g/mol. The fourth-order valence-electron chi connectivity index (χ4n) is 2.42. The van der Waals surface area contributed by atoms with Crippen LogP contribution in [0.5, 0.6) is 0 Å². The number of ether oxygens (including phenoxy) is 1. The SMILES string of the molecule is FC1(F)CCCCC1CNC1CCOC1. The van der Waals surface area contributed by atoms with Gasteiger partial charge in [-0.2, -0.15) is 0 Å². The summed E-state index contributed by atoms with van der Waals surface area (Å²) in [7, 11) is 0. The van der Waals surface area contributed by atoms with E-state index in [2.05, 4.69) is 5.32 Å². The fourth-order valence-corrected chi connectivity index (χ4v) is 2.42. The zero-order valence-corrected chi connectivity index (χ0v) is 8.98. The highest BCUT2D eigenvalue weighted by molar-refractivity contribution is 4.84. The Morgan fingerprint density at radius 3 is 2.80 bits per heavy atom. The molecule has 1 saturated heterocycles. The molecule has 0 bridgehead atoms. The molecule has 0 amide bonds. The van der Waals surface area contributed by atoms with Gasteiger partial charge in [-0.15, -0.1) is 0 Å². The first-order chi connectivity index (χ1) is 7.18. The van der Waals surface area contributed by atoms with Crippen molar-refractivity contribution >= 4 is 0 Å². The lowest BCUT2D eigenvalue weighted by atomic mass is 9.85. The fraction of sp³-hybridized carbons (Fsp3) is 1.00. The molecule has 2 rings (SSSR count). The van der Waals surface area contributed by atoms with Crippen LogP contribution in [0.25, 0.3) is 0 Å². The minimum Gasteiger partial charge on any atom is -0.380 e. The first-order valence-electron chi connectivity index (χ1n) is 5.87. The summed E-state index contributed by atoms with van der Waals surface area (Å²) in [5, 5.41) is 3.20. The second-order valence-corrected chi connectivity index (χ2v) is 4.67. The quantitative estimate of drug-likeness (QED) is 0.785. The van der Waals surface area contributed by atoms with Gasteiger partial charge in [-0.3, -0.25) is 0 Å². The highest BCUT2D eigenvalue weighted by Crippen LogP contribution is 2.37. The van der Waals surface area contributed by atoms with Crippen LogP contribution in [0.2, 0.25) is 0 Å². The third kappa shape index (κ3) is 2.88. The van der Waals surface area contributed by atoms with Crippen LogP contribution in [0.1, 0.15) is 32.1 Å². The molecule has 4 heteroatoms. The van der Waals surface area contributed by atoms with E-state index in [-0.39, 0.29) is 6.42 Å². The number of hydrogen-bond donors (Lipinski definition) is 1. The van der Waals surface area contributed by atoms with E-state index in [0.717, 1.165) is 19.4 Å². The van der Waals surface area contributed by atoms with Gasteiger partial charge in [0, 0.05) is 31.5 Å². The van der Waals surface area contributed by atoms with E-state index in [4.69, 9.17) is 4.74 Å². The van der Waals surface area contributed by atoms with Crippen LogP contribution in [0.4, 0.5) is 8.78 Å². The molecule has 1 aliphatic carbocycles. The van der Waals surface area contributed by atoms with Gasteiger partial charge in [0.25, 0.3) is 5.92 Å². The van der Waals surface area contributed by atoms with Gasteiger partial charge in [0.05, 0.1) is 6.61 Å². The molecule has 1 saturated carbocycles. The number of alkyl halides is 2. The van der Waals surface area contributed by atoms with Gasteiger partial charge in [-0.1, -0.05) is 6.42 Å². The van der Waals surface area contributed by atoms with Crippen molar-refractivity contribution in [1.29, 1.82) is 0 Å². The highest BCUT2D eigenvalue weighted by Gasteiger charge is 2.41. The van der Waals surface area contributed by atoms with E-state index in [1.807, 2.05) is 0 Å². The predicted octanol–water partition coefficient (Wildman–Crippen LogP) is 2.19. The van der Waals surface area contributed by atoms with Crippen LogP contribution in [0, 0.1) is 5.92 Å². The van der Waals surface area contributed by atoms with E-state index in [1.54, 1.807) is 0 Å². The number of nitrogens with one attached hydrogen (secondary N) is 1. The summed E-state index contributed by atoms with van der Waals surface area (Å²) in [6, 6.07) is 0.294. The molecule has 15 heavy (non-hydrogen) atoms. The van der Waals surface area contributed by atoms with Gasteiger partial charge in [-0.25, -0.2) is 8.78 Å². The maximum atomic E-state index is 13.5. The van der Waals surface area contributed by atoms with Crippen molar-refractivity contribution in [3.8, 4) is 0 Å². The molecule has 0 aromatic heterocycles. The van der Waals surface area contributed by atoms with E-state index in [0.29, 0.717) is 32.0 Å². The van der Waals surface area contributed by atoms with Gasteiger partial charge in [0.2, 0.25) is 0 Å². The molecule has 1 aliphatic heterocycles. The molecule has 88 valence electrons. The zero-order valence-electron chi connectivity index (χ0n) is 8.98. The van der Waals surface area contributed by atoms with Crippen LogP contribution in [0.15, 0.2) is 0 Å². The molecule has 0 spiro atoms. The van der Waals surface area contributed by atoms with Crippen molar-refractivity contribution in [3.63, 3.8) is 0 Å². The predicted molar refractivity (Wildman–Crippen MR) is 54.1 cm³/mol. The molecular formula is C11H19F2NO. The Hall–Kier alpha value is -0.220. The second-order valence-electron chi connectivity index (χ2n) is 4.67. The minimum absolute atomic E-state index is 0.0700. The normalized spacial score (nSPS) is 35.6. The Bertz CT molecular complexity index is 205. The number of hydrogen-bond acceptors (Lipinski definition) is 2. The molecule has 0 aromatic carbocycles. The summed E-state index contributed by atoms with van der Waals surface area (Å²) in [5.41, 5.74) is 0. The summed E-state index contributed by atoms with van der Waals surface area (Å²) in [6.07, 6.45) is 3.31. The molecular weight excluding hydrogens is 200 g/mol. The van der Waals surface area contributed by atoms with Crippen LogP contribution in [-0.2, 0) is 4.74 Å². The average Bonchev–Trinajstić information content (AvgIpc) is 2.68. The standard InChI is InChI=1S/C11H19F2NO/c12-11(13)5-2-1-3-9(11)7-14-10-4-6-15-8-10/h9-10,14H,1-8H2. The third-order valence-electron chi connectivity index (χ3n) is 3.49.